The molecule has 0 aromatic heterocycles. The third-order valence-corrected chi connectivity index (χ3v) is 1.59. The molecule has 0 amide bonds. The van der Waals surface area contributed by atoms with Crippen molar-refractivity contribution in [3.8, 4) is 0 Å². The first-order valence-electron chi connectivity index (χ1n) is 3.55. The molecule has 0 aliphatic carbocycles. The zero-order chi connectivity index (χ0) is 9.03. The fraction of sp³-hybridized carbons (Fsp3) is 1.00. The quantitative estimate of drug-likeness (QED) is 0.455. The average Bonchev–Trinajstić information content (AvgIpc) is 2.03. The molecule has 1 saturated heterocycles. The van der Waals surface area contributed by atoms with Gasteiger partial charge in [-0.1, -0.05) is 6.92 Å². The van der Waals surface area contributed by atoms with Gasteiger partial charge in [-0.15, -0.1) is 10.1 Å². The molecule has 1 fully saturated rings. The molecule has 0 saturated carbocycles. The molecule has 12 heavy (non-hydrogen) atoms. The molecule has 0 aromatic rings. The molecule has 70 valence electrons. The van der Waals surface area contributed by atoms with Crippen LogP contribution in [0.5, 0.6) is 0 Å². The summed E-state index contributed by atoms with van der Waals surface area (Å²) in [6, 6.07) is 0. The van der Waals surface area contributed by atoms with Gasteiger partial charge in [-0.2, -0.15) is 0 Å². The second kappa shape index (κ2) is 3.68. The van der Waals surface area contributed by atoms with Gasteiger partial charge in [-0.25, -0.2) is 0 Å². The molecular weight excluding hydrogens is 166 g/mol. The lowest BCUT2D eigenvalue weighted by molar-refractivity contribution is -0.761. The second-order valence-electron chi connectivity index (χ2n) is 3.12. The largest absolute Gasteiger partial charge is 0.355 e. The van der Waals surface area contributed by atoms with Crippen LogP contribution in [-0.2, 0) is 14.3 Å². The summed E-state index contributed by atoms with van der Waals surface area (Å²) < 4.78 is 9.99. The highest BCUT2D eigenvalue weighted by atomic mass is 16.9. The van der Waals surface area contributed by atoms with Crippen LogP contribution in [-0.4, -0.2) is 31.7 Å². The second-order valence-corrected chi connectivity index (χ2v) is 3.12. The minimum atomic E-state index is -0.806. The number of hydrogen-bond donors (Lipinski definition) is 0. The van der Waals surface area contributed by atoms with Crippen molar-refractivity contribution < 1.29 is 19.4 Å². The van der Waals surface area contributed by atoms with E-state index >= 15 is 0 Å². The first-order chi connectivity index (χ1) is 5.62. The van der Waals surface area contributed by atoms with Crippen molar-refractivity contribution in [3.05, 3.63) is 10.1 Å². The van der Waals surface area contributed by atoms with Crippen molar-refractivity contribution in [1.29, 1.82) is 0 Å². The molecule has 0 N–H and O–H groups in total. The molecule has 0 aromatic carbocycles. The smallest absolute Gasteiger partial charge is 0.294 e. The minimum Gasteiger partial charge on any atom is -0.355 e. The van der Waals surface area contributed by atoms with E-state index in [1.807, 2.05) is 6.92 Å². The Kier molecular flexibility index (Phi) is 2.83. The molecule has 0 spiro atoms. The van der Waals surface area contributed by atoms with Crippen LogP contribution in [0.3, 0.4) is 0 Å². The Labute approximate surface area is 69.5 Å². The molecule has 0 radical (unpaired) electrons. The lowest BCUT2D eigenvalue weighted by Crippen LogP contribution is -2.39. The summed E-state index contributed by atoms with van der Waals surface area (Å²) in [5, 5.41) is 9.08. The molecule has 0 unspecified atom stereocenters. The third kappa shape index (κ3) is 2.63. The fourth-order valence-electron chi connectivity index (χ4n) is 0.969. The zero-order valence-electron chi connectivity index (χ0n) is 6.82. The predicted molar refractivity (Wildman–Crippen MR) is 37.8 cm³/mol. The van der Waals surface area contributed by atoms with Gasteiger partial charge < -0.3 is 14.3 Å². The molecule has 1 rings (SSSR count). The summed E-state index contributed by atoms with van der Waals surface area (Å²) >= 11 is 0. The Bertz CT molecular complexity index is 165. The predicted octanol–water partition coefficient (Wildman–Crippen LogP) is 0.205. The van der Waals surface area contributed by atoms with Gasteiger partial charge in [0.05, 0.1) is 13.2 Å². The van der Waals surface area contributed by atoms with Crippen LogP contribution in [0.1, 0.15) is 6.92 Å². The van der Waals surface area contributed by atoms with Gasteiger partial charge in [0.1, 0.15) is 13.4 Å². The summed E-state index contributed by atoms with van der Waals surface area (Å²) in [4.78, 5) is 14.1. The van der Waals surface area contributed by atoms with Gasteiger partial charge >= 0.3 is 0 Å². The van der Waals surface area contributed by atoms with Gasteiger partial charge in [0.25, 0.3) is 5.09 Å². The number of rotatable bonds is 3. The Balaban J connectivity index is 2.31. The van der Waals surface area contributed by atoms with E-state index in [2.05, 4.69) is 4.84 Å². The van der Waals surface area contributed by atoms with Crippen LogP contribution in [0, 0.1) is 15.5 Å². The maximum atomic E-state index is 9.89. The number of hydrogen-bond acceptors (Lipinski definition) is 5. The molecule has 1 aliphatic heterocycles. The van der Waals surface area contributed by atoms with E-state index < -0.39 is 10.5 Å². The average molecular weight is 177 g/mol. The van der Waals surface area contributed by atoms with Crippen LogP contribution in [0.15, 0.2) is 0 Å². The summed E-state index contributed by atoms with van der Waals surface area (Å²) in [7, 11) is 0. The van der Waals surface area contributed by atoms with E-state index in [0.717, 1.165) is 0 Å². The van der Waals surface area contributed by atoms with Crippen molar-refractivity contribution in [3.63, 3.8) is 0 Å². The molecular formula is C6H11NO5. The van der Waals surface area contributed by atoms with E-state index in [9.17, 15) is 10.1 Å². The number of ether oxygens (including phenoxy) is 2. The third-order valence-electron chi connectivity index (χ3n) is 1.59. The lowest BCUT2D eigenvalue weighted by atomic mass is 9.94. The van der Waals surface area contributed by atoms with Crippen LogP contribution in [0.4, 0.5) is 0 Å². The van der Waals surface area contributed by atoms with E-state index in [0.29, 0.717) is 13.2 Å². The molecule has 6 heteroatoms. The highest BCUT2D eigenvalue weighted by Gasteiger charge is 2.29. The van der Waals surface area contributed by atoms with Crippen molar-refractivity contribution >= 4 is 0 Å². The van der Waals surface area contributed by atoms with Gasteiger partial charge in [0.2, 0.25) is 0 Å². The molecule has 0 bridgehead atoms. The molecule has 1 aliphatic rings. The van der Waals surface area contributed by atoms with Crippen LogP contribution >= 0.6 is 0 Å². The van der Waals surface area contributed by atoms with Gasteiger partial charge in [-0.3, -0.25) is 0 Å². The number of nitrogens with zero attached hydrogens (tertiary/aromatic N) is 1. The highest BCUT2D eigenvalue weighted by Crippen LogP contribution is 2.21. The minimum absolute atomic E-state index is 0.0139. The monoisotopic (exact) mass is 177 g/mol. The summed E-state index contributed by atoms with van der Waals surface area (Å²) in [5.74, 6) is 0. The van der Waals surface area contributed by atoms with Gasteiger partial charge in [0.15, 0.2) is 0 Å². The zero-order valence-corrected chi connectivity index (χ0v) is 6.82. The van der Waals surface area contributed by atoms with E-state index in [1.54, 1.807) is 0 Å². The highest BCUT2D eigenvalue weighted by molar-refractivity contribution is 4.73. The summed E-state index contributed by atoms with van der Waals surface area (Å²) in [6.45, 7) is 2.95. The first kappa shape index (κ1) is 9.21. The van der Waals surface area contributed by atoms with Crippen LogP contribution in [0.2, 0.25) is 0 Å². The lowest BCUT2D eigenvalue weighted by Gasteiger charge is -2.31. The summed E-state index contributed by atoms with van der Waals surface area (Å²) in [5.41, 5.74) is -0.397. The first-order valence-corrected chi connectivity index (χ1v) is 3.55. The van der Waals surface area contributed by atoms with E-state index in [4.69, 9.17) is 9.47 Å². The van der Waals surface area contributed by atoms with Crippen molar-refractivity contribution in [1.82, 2.24) is 0 Å². The summed E-state index contributed by atoms with van der Waals surface area (Å²) in [6.07, 6.45) is 0. The van der Waals surface area contributed by atoms with E-state index in [-0.39, 0.29) is 13.4 Å². The van der Waals surface area contributed by atoms with Crippen LogP contribution in [0.25, 0.3) is 0 Å². The molecule has 1 heterocycles. The Morgan fingerprint density at radius 1 is 1.58 bits per heavy atom. The van der Waals surface area contributed by atoms with E-state index in [1.165, 1.54) is 0 Å². The topological polar surface area (TPSA) is 70.8 Å². The SMILES string of the molecule is CC1(CO[N+](=O)[O-])COCOC1. The maximum Gasteiger partial charge on any atom is 0.294 e. The normalized spacial score (nSPS) is 21.8. The molecule has 0 atom stereocenters. The standard InChI is InChI=1S/C6H11NO5/c1-6(4-12-7(8)9)2-10-5-11-3-6/h2-5H2,1H3. The van der Waals surface area contributed by atoms with Gasteiger partial charge in [0, 0.05) is 5.41 Å². The van der Waals surface area contributed by atoms with Gasteiger partial charge in [-0.05, 0) is 0 Å². The van der Waals surface area contributed by atoms with Crippen LogP contribution < -0.4 is 0 Å². The van der Waals surface area contributed by atoms with Crippen molar-refractivity contribution in [2.45, 2.75) is 6.92 Å². The van der Waals surface area contributed by atoms with Crippen molar-refractivity contribution in [2.24, 2.45) is 5.41 Å². The Morgan fingerprint density at radius 3 is 2.67 bits per heavy atom. The maximum absolute atomic E-state index is 9.89. The molecule has 6 nitrogen and oxygen atoms in total. The van der Waals surface area contributed by atoms with Crippen molar-refractivity contribution in [2.75, 3.05) is 26.6 Å². The Hall–Kier alpha value is -0.880. The fourth-order valence-corrected chi connectivity index (χ4v) is 0.969. The Morgan fingerprint density at radius 2 is 2.17 bits per heavy atom.